The molecule has 0 bridgehead atoms. The van der Waals surface area contributed by atoms with Gasteiger partial charge in [-0.3, -0.25) is 18.8 Å². The Balaban J connectivity index is 2.17. The molecule has 0 aromatic carbocycles. The second kappa shape index (κ2) is 11.7. The number of quaternary nitrogens is 1. The van der Waals surface area contributed by atoms with Crippen molar-refractivity contribution in [3.8, 4) is 0 Å². The normalized spacial score (nSPS) is 24.6. The van der Waals surface area contributed by atoms with E-state index in [2.05, 4.69) is 38.0 Å². The molecule has 5 unspecified atom stereocenters. The first-order valence-electron chi connectivity index (χ1n) is 12.6. The Morgan fingerprint density at radius 2 is 1.86 bits per heavy atom. The summed E-state index contributed by atoms with van der Waals surface area (Å²) >= 11 is 0. The van der Waals surface area contributed by atoms with Crippen LogP contribution in [0.2, 0.25) is 0 Å². The summed E-state index contributed by atoms with van der Waals surface area (Å²) in [6.45, 7) is 9.79. The van der Waals surface area contributed by atoms with Crippen molar-refractivity contribution in [2.24, 2.45) is 10.8 Å². The first kappa shape index (κ1) is 30.3. The molecular weight excluding hydrogens is 468 g/mol. The zero-order valence-corrected chi connectivity index (χ0v) is 22.7. The maximum atomic E-state index is 13.3. The zero-order chi connectivity index (χ0) is 27.5. The summed E-state index contributed by atoms with van der Waals surface area (Å²) in [6, 6.07) is 0. The van der Waals surface area contributed by atoms with E-state index in [-0.39, 0.29) is 39.7 Å². The van der Waals surface area contributed by atoms with Crippen molar-refractivity contribution in [2.45, 2.75) is 77.9 Å². The van der Waals surface area contributed by atoms with E-state index in [1.807, 2.05) is 21.1 Å². The van der Waals surface area contributed by atoms with Crippen LogP contribution in [0.25, 0.3) is 0 Å². The number of aryl methyl sites for hydroxylation is 1. The van der Waals surface area contributed by atoms with E-state index in [9.17, 15) is 29.7 Å². The van der Waals surface area contributed by atoms with Gasteiger partial charge in [0.05, 0.1) is 39.2 Å². The molecule has 1 saturated heterocycles. The van der Waals surface area contributed by atoms with E-state index in [4.69, 9.17) is 4.74 Å². The number of H-pyrrole nitrogens is 1. The fourth-order valence-electron chi connectivity index (χ4n) is 5.60. The third-order valence-corrected chi connectivity index (χ3v) is 7.32. The molecule has 1 aliphatic rings. The summed E-state index contributed by atoms with van der Waals surface area (Å²) in [5, 5.41) is 32.9. The highest BCUT2D eigenvalue weighted by Gasteiger charge is 2.44. The Labute approximate surface area is 212 Å². The van der Waals surface area contributed by atoms with Crippen LogP contribution in [0.4, 0.5) is 0 Å². The van der Waals surface area contributed by atoms with Gasteiger partial charge in [-0.1, -0.05) is 27.7 Å². The molecule has 5 N–H and O–H groups in total. The van der Waals surface area contributed by atoms with Gasteiger partial charge in [0.25, 0.3) is 5.56 Å². The van der Waals surface area contributed by atoms with Crippen LogP contribution in [0.15, 0.2) is 15.8 Å². The first-order chi connectivity index (χ1) is 16.6. The standard InChI is InChI=1S/C25H44N4O7/c1-8-25(4,13-24(2,3)14-26-5)15-29(6,7)18(31)9-10-28-11-16(22(34)27-23(28)35)21-20(33)19(32)17(12-30)36-21/h11,17,19-21,26,30,32-33H,8-10,12-15H2,1-7H3/p+1. The molecule has 0 saturated carbocycles. The lowest BCUT2D eigenvalue weighted by atomic mass is 9.71. The number of ether oxygens (including phenoxy) is 1. The Hall–Kier alpha value is -1.89. The number of aliphatic hydroxyl groups is 3. The topological polar surface area (TPSA) is 154 Å². The quantitative estimate of drug-likeness (QED) is 0.240. The number of aliphatic hydroxyl groups excluding tert-OH is 3. The highest BCUT2D eigenvalue weighted by atomic mass is 16.6. The van der Waals surface area contributed by atoms with Crippen molar-refractivity contribution in [3.05, 3.63) is 32.6 Å². The van der Waals surface area contributed by atoms with E-state index in [1.54, 1.807) is 0 Å². The molecule has 0 radical (unpaired) electrons. The molecule has 1 fully saturated rings. The van der Waals surface area contributed by atoms with Crippen molar-refractivity contribution in [2.75, 3.05) is 40.8 Å². The molecule has 0 aliphatic carbocycles. The van der Waals surface area contributed by atoms with Gasteiger partial charge in [0.2, 0.25) is 0 Å². The fraction of sp³-hybridized carbons (Fsp3) is 0.800. The zero-order valence-electron chi connectivity index (χ0n) is 22.7. The maximum Gasteiger partial charge on any atom is 0.328 e. The highest BCUT2D eigenvalue weighted by molar-refractivity contribution is 5.68. The number of aromatic amines is 1. The van der Waals surface area contributed by atoms with E-state index in [1.165, 1.54) is 10.8 Å². The Morgan fingerprint density at radius 1 is 1.22 bits per heavy atom. The monoisotopic (exact) mass is 513 g/mol. The predicted octanol–water partition coefficient (Wildman–Crippen LogP) is -0.264. The van der Waals surface area contributed by atoms with E-state index in [0.29, 0.717) is 6.54 Å². The minimum Gasteiger partial charge on any atom is -0.394 e. The molecule has 206 valence electrons. The van der Waals surface area contributed by atoms with E-state index < -0.39 is 42.3 Å². The van der Waals surface area contributed by atoms with Gasteiger partial charge in [-0.05, 0) is 31.8 Å². The van der Waals surface area contributed by atoms with Crippen LogP contribution in [-0.4, -0.2) is 94.4 Å². The van der Waals surface area contributed by atoms with Gasteiger partial charge in [0, 0.05) is 18.2 Å². The molecule has 11 heteroatoms. The summed E-state index contributed by atoms with van der Waals surface area (Å²) in [5.41, 5.74) is -1.49. The van der Waals surface area contributed by atoms with Gasteiger partial charge < -0.3 is 25.4 Å². The third kappa shape index (κ3) is 7.11. The van der Waals surface area contributed by atoms with Gasteiger partial charge in [0.15, 0.2) is 0 Å². The minimum absolute atomic E-state index is 0.0337. The molecule has 1 amide bonds. The van der Waals surface area contributed by atoms with E-state index in [0.717, 1.165) is 19.4 Å². The summed E-state index contributed by atoms with van der Waals surface area (Å²) < 4.78 is 6.80. The number of aromatic nitrogens is 2. The molecule has 11 nitrogen and oxygen atoms in total. The Kier molecular flexibility index (Phi) is 9.82. The molecular formula is C25H45N4O7+. The number of nitrogens with one attached hydrogen (secondary N) is 2. The van der Waals surface area contributed by atoms with Crippen LogP contribution in [0.5, 0.6) is 0 Å². The average molecular weight is 514 g/mol. The molecule has 0 spiro atoms. The SMILES string of the molecule is CCC(C)(CC(C)(C)CNC)C[N+](C)(C)C(=O)CCn1cc(C2OC(CO)C(O)C2O)c(=O)[nH]c1=O. The summed E-state index contributed by atoms with van der Waals surface area (Å²) in [7, 11) is 5.69. The summed E-state index contributed by atoms with van der Waals surface area (Å²) in [4.78, 5) is 40.3. The second-order valence-electron chi connectivity index (χ2n) is 11.8. The number of amides is 1. The largest absolute Gasteiger partial charge is 0.394 e. The minimum atomic E-state index is -1.44. The smallest absolute Gasteiger partial charge is 0.328 e. The second-order valence-corrected chi connectivity index (χ2v) is 11.8. The molecule has 36 heavy (non-hydrogen) atoms. The molecule has 2 rings (SSSR count). The first-order valence-corrected chi connectivity index (χ1v) is 12.6. The van der Waals surface area contributed by atoms with Crippen molar-refractivity contribution in [3.63, 3.8) is 0 Å². The van der Waals surface area contributed by atoms with Gasteiger partial charge >= 0.3 is 11.6 Å². The highest BCUT2D eigenvalue weighted by Crippen LogP contribution is 2.38. The van der Waals surface area contributed by atoms with Gasteiger partial charge in [-0.25, -0.2) is 9.59 Å². The third-order valence-electron chi connectivity index (χ3n) is 7.32. The van der Waals surface area contributed by atoms with Crippen LogP contribution in [0.3, 0.4) is 0 Å². The predicted molar refractivity (Wildman–Crippen MR) is 135 cm³/mol. The van der Waals surface area contributed by atoms with Crippen molar-refractivity contribution < 1.29 is 29.3 Å². The number of nitrogens with zero attached hydrogens (tertiary/aromatic N) is 2. The van der Waals surface area contributed by atoms with Crippen LogP contribution < -0.4 is 16.6 Å². The lowest BCUT2D eigenvalue weighted by molar-refractivity contribution is -0.822. The number of carbonyl (C=O) groups is 1. The molecule has 5 atom stereocenters. The molecule has 1 aliphatic heterocycles. The molecule has 1 aromatic rings. The van der Waals surface area contributed by atoms with E-state index >= 15 is 0 Å². The van der Waals surface area contributed by atoms with Gasteiger partial charge in [-0.2, -0.15) is 0 Å². The number of carbonyl (C=O) groups excluding carboxylic acids is 1. The van der Waals surface area contributed by atoms with Crippen molar-refractivity contribution >= 4 is 5.91 Å². The molecule has 2 heterocycles. The fourth-order valence-corrected chi connectivity index (χ4v) is 5.60. The van der Waals surface area contributed by atoms with Crippen LogP contribution in [-0.2, 0) is 16.1 Å². The van der Waals surface area contributed by atoms with Gasteiger partial charge in [0.1, 0.15) is 24.4 Å². The van der Waals surface area contributed by atoms with Crippen LogP contribution >= 0.6 is 0 Å². The lowest BCUT2D eigenvalue weighted by Crippen LogP contribution is -2.53. The summed E-state index contributed by atoms with van der Waals surface area (Å²) in [5.74, 6) is -0.0475. The number of hydrogen-bond donors (Lipinski definition) is 5. The van der Waals surface area contributed by atoms with Gasteiger partial charge in [-0.15, -0.1) is 0 Å². The van der Waals surface area contributed by atoms with Crippen LogP contribution in [0, 0.1) is 10.8 Å². The average Bonchev–Trinajstić information content (AvgIpc) is 3.05. The Bertz CT molecular complexity index is 1020. The van der Waals surface area contributed by atoms with Crippen molar-refractivity contribution in [1.82, 2.24) is 14.9 Å². The summed E-state index contributed by atoms with van der Waals surface area (Å²) in [6.07, 6.45) is -1.88. The lowest BCUT2D eigenvalue weighted by Gasteiger charge is -2.41. The molecule has 1 aromatic heterocycles. The Morgan fingerprint density at radius 3 is 2.39 bits per heavy atom. The number of rotatable bonds is 12. The van der Waals surface area contributed by atoms with Crippen molar-refractivity contribution in [1.29, 1.82) is 0 Å². The maximum absolute atomic E-state index is 13.3. The number of hydrogen-bond acceptors (Lipinski definition) is 8. The van der Waals surface area contributed by atoms with Crippen LogP contribution in [0.1, 0.15) is 58.6 Å².